The lowest BCUT2D eigenvalue weighted by Gasteiger charge is -2.23. The van der Waals surface area contributed by atoms with Gasteiger partial charge in [-0.25, -0.2) is 0 Å². The fourth-order valence-corrected chi connectivity index (χ4v) is 2.97. The monoisotopic (exact) mass is 238 g/mol. The highest BCUT2D eigenvalue weighted by molar-refractivity contribution is 5.85. The van der Waals surface area contributed by atoms with Gasteiger partial charge in [0.25, 0.3) is 0 Å². The van der Waals surface area contributed by atoms with Crippen LogP contribution in [-0.4, -0.2) is 25.5 Å². The Hall–Kier alpha value is -0.570. The molecule has 3 heteroatoms. The second kappa shape index (κ2) is 5.85. The first-order chi connectivity index (χ1) is 8.27. The van der Waals surface area contributed by atoms with Gasteiger partial charge in [-0.15, -0.1) is 0 Å². The van der Waals surface area contributed by atoms with E-state index in [0.717, 1.165) is 51.1 Å². The SMILES string of the molecule is CCCC1(C(=O)NCCC2CCCNC2)CC1. The Morgan fingerprint density at radius 3 is 2.88 bits per heavy atom. The third kappa shape index (κ3) is 3.44. The van der Waals surface area contributed by atoms with E-state index in [-0.39, 0.29) is 5.41 Å². The largest absolute Gasteiger partial charge is 0.356 e. The molecule has 1 atom stereocenters. The van der Waals surface area contributed by atoms with Gasteiger partial charge < -0.3 is 10.6 Å². The second-order valence-corrected chi connectivity index (χ2v) is 5.79. The van der Waals surface area contributed by atoms with Crippen molar-refractivity contribution in [3.05, 3.63) is 0 Å². The Balaban J connectivity index is 1.63. The molecular formula is C14H26N2O. The molecule has 0 aromatic heterocycles. The van der Waals surface area contributed by atoms with Gasteiger partial charge in [0.15, 0.2) is 0 Å². The van der Waals surface area contributed by atoms with E-state index in [1.54, 1.807) is 0 Å². The molecule has 2 N–H and O–H groups in total. The van der Waals surface area contributed by atoms with Crippen molar-refractivity contribution in [3.8, 4) is 0 Å². The van der Waals surface area contributed by atoms with Gasteiger partial charge in [0, 0.05) is 12.0 Å². The van der Waals surface area contributed by atoms with Crippen LogP contribution >= 0.6 is 0 Å². The lowest BCUT2D eigenvalue weighted by atomic mass is 9.95. The van der Waals surface area contributed by atoms with E-state index in [1.807, 2.05) is 0 Å². The number of rotatable bonds is 6. The molecule has 2 fully saturated rings. The van der Waals surface area contributed by atoms with Crippen molar-refractivity contribution in [2.24, 2.45) is 11.3 Å². The summed E-state index contributed by atoms with van der Waals surface area (Å²) in [6.07, 6.45) is 8.17. The lowest BCUT2D eigenvalue weighted by molar-refractivity contribution is -0.126. The Morgan fingerprint density at radius 1 is 1.47 bits per heavy atom. The standard InChI is InChI=1S/C14H26N2O/c1-2-6-14(7-8-14)13(17)16-10-5-12-4-3-9-15-11-12/h12,15H,2-11H2,1H3,(H,16,17). The second-order valence-electron chi connectivity index (χ2n) is 5.79. The molecule has 1 amide bonds. The lowest BCUT2D eigenvalue weighted by Crippen LogP contribution is -2.36. The molecule has 1 saturated carbocycles. The zero-order valence-corrected chi connectivity index (χ0v) is 11.1. The molecule has 1 aliphatic carbocycles. The quantitative estimate of drug-likeness (QED) is 0.744. The van der Waals surface area contributed by atoms with Crippen molar-refractivity contribution in [3.63, 3.8) is 0 Å². The maximum absolute atomic E-state index is 12.0. The first kappa shape index (κ1) is 12.9. The predicted octanol–water partition coefficient (Wildman–Crippen LogP) is 2.07. The van der Waals surface area contributed by atoms with Crippen LogP contribution in [0.2, 0.25) is 0 Å². The van der Waals surface area contributed by atoms with Crippen LogP contribution in [0.1, 0.15) is 51.9 Å². The van der Waals surface area contributed by atoms with Crippen LogP contribution in [0.25, 0.3) is 0 Å². The summed E-state index contributed by atoms with van der Waals surface area (Å²) in [5, 5.41) is 6.57. The Labute approximate surface area is 105 Å². The van der Waals surface area contributed by atoms with Crippen LogP contribution in [0.4, 0.5) is 0 Å². The van der Waals surface area contributed by atoms with Crippen LogP contribution in [-0.2, 0) is 4.79 Å². The summed E-state index contributed by atoms with van der Waals surface area (Å²) in [5.41, 5.74) is 0.0412. The van der Waals surface area contributed by atoms with E-state index >= 15 is 0 Å². The van der Waals surface area contributed by atoms with Crippen LogP contribution in [0, 0.1) is 11.3 Å². The Kier molecular flexibility index (Phi) is 4.43. The highest BCUT2D eigenvalue weighted by Gasteiger charge is 2.48. The summed E-state index contributed by atoms with van der Waals surface area (Å²) < 4.78 is 0. The number of carbonyl (C=O) groups is 1. The fourth-order valence-electron chi connectivity index (χ4n) is 2.97. The Morgan fingerprint density at radius 2 is 2.29 bits per heavy atom. The predicted molar refractivity (Wildman–Crippen MR) is 69.8 cm³/mol. The van der Waals surface area contributed by atoms with E-state index in [0.29, 0.717) is 5.91 Å². The minimum absolute atomic E-state index is 0.0412. The highest BCUT2D eigenvalue weighted by Crippen LogP contribution is 2.49. The van der Waals surface area contributed by atoms with Crippen molar-refractivity contribution in [1.82, 2.24) is 10.6 Å². The maximum atomic E-state index is 12.0. The molecule has 1 heterocycles. The maximum Gasteiger partial charge on any atom is 0.226 e. The van der Waals surface area contributed by atoms with Crippen molar-refractivity contribution in [2.45, 2.75) is 51.9 Å². The molecular weight excluding hydrogens is 212 g/mol. The number of nitrogens with one attached hydrogen (secondary N) is 2. The van der Waals surface area contributed by atoms with E-state index in [1.165, 1.54) is 19.4 Å². The zero-order valence-electron chi connectivity index (χ0n) is 11.1. The molecule has 0 aromatic rings. The molecule has 98 valence electrons. The van der Waals surface area contributed by atoms with Gasteiger partial charge in [0.1, 0.15) is 0 Å². The number of hydrogen-bond donors (Lipinski definition) is 2. The number of amides is 1. The van der Waals surface area contributed by atoms with Crippen molar-refractivity contribution in [1.29, 1.82) is 0 Å². The smallest absolute Gasteiger partial charge is 0.226 e. The zero-order chi connectivity index (χ0) is 12.1. The molecule has 0 spiro atoms. The van der Waals surface area contributed by atoms with Crippen LogP contribution < -0.4 is 10.6 Å². The van der Waals surface area contributed by atoms with Crippen LogP contribution in [0.3, 0.4) is 0 Å². The normalized spacial score (nSPS) is 26.5. The molecule has 0 bridgehead atoms. The van der Waals surface area contributed by atoms with Gasteiger partial charge >= 0.3 is 0 Å². The number of piperidine rings is 1. The van der Waals surface area contributed by atoms with Crippen LogP contribution in [0.5, 0.6) is 0 Å². The molecule has 1 aliphatic heterocycles. The highest BCUT2D eigenvalue weighted by atomic mass is 16.2. The molecule has 1 saturated heterocycles. The van der Waals surface area contributed by atoms with Gasteiger partial charge in [0.05, 0.1) is 0 Å². The van der Waals surface area contributed by atoms with Gasteiger partial charge in [-0.1, -0.05) is 13.3 Å². The average molecular weight is 238 g/mol. The fraction of sp³-hybridized carbons (Fsp3) is 0.929. The minimum Gasteiger partial charge on any atom is -0.356 e. The van der Waals surface area contributed by atoms with E-state index in [2.05, 4.69) is 17.6 Å². The van der Waals surface area contributed by atoms with E-state index in [4.69, 9.17) is 0 Å². The molecule has 0 radical (unpaired) electrons. The van der Waals surface area contributed by atoms with Crippen molar-refractivity contribution in [2.75, 3.05) is 19.6 Å². The average Bonchev–Trinajstić information content (AvgIpc) is 3.12. The number of carbonyl (C=O) groups excluding carboxylic acids is 1. The molecule has 0 aromatic carbocycles. The topological polar surface area (TPSA) is 41.1 Å². The molecule has 17 heavy (non-hydrogen) atoms. The summed E-state index contributed by atoms with van der Waals surface area (Å²) in [7, 11) is 0. The molecule has 1 unspecified atom stereocenters. The van der Waals surface area contributed by atoms with Gasteiger partial charge in [-0.3, -0.25) is 4.79 Å². The summed E-state index contributed by atoms with van der Waals surface area (Å²) in [4.78, 5) is 12.0. The van der Waals surface area contributed by atoms with Gasteiger partial charge in [0.2, 0.25) is 5.91 Å². The molecule has 2 rings (SSSR count). The molecule has 3 nitrogen and oxygen atoms in total. The third-order valence-corrected chi connectivity index (χ3v) is 4.30. The number of hydrogen-bond acceptors (Lipinski definition) is 2. The van der Waals surface area contributed by atoms with Crippen molar-refractivity contribution >= 4 is 5.91 Å². The minimum atomic E-state index is 0.0412. The first-order valence-corrected chi connectivity index (χ1v) is 7.26. The van der Waals surface area contributed by atoms with E-state index < -0.39 is 0 Å². The Bertz CT molecular complexity index is 255. The summed E-state index contributed by atoms with van der Waals surface area (Å²) in [5.74, 6) is 1.09. The van der Waals surface area contributed by atoms with Gasteiger partial charge in [-0.05, 0) is 57.5 Å². The summed E-state index contributed by atoms with van der Waals surface area (Å²) in [6.45, 7) is 5.34. The van der Waals surface area contributed by atoms with Gasteiger partial charge in [-0.2, -0.15) is 0 Å². The van der Waals surface area contributed by atoms with Crippen LogP contribution in [0.15, 0.2) is 0 Å². The molecule has 2 aliphatic rings. The van der Waals surface area contributed by atoms with Crippen molar-refractivity contribution < 1.29 is 4.79 Å². The summed E-state index contributed by atoms with van der Waals surface area (Å²) in [6, 6.07) is 0. The summed E-state index contributed by atoms with van der Waals surface area (Å²) >= 11 is 0. The first-order valence-electron chi connectivity index (χ1n) is 7.26. The third-order valence-electron chi connectivity index (χ3n) is 4.30. The van der Waals surface area contributed by atoms with E-state index in [9.17, 15) is 4.79 Å².